The number of para-hydroxylation sites is 1. The molecule has 0 saturated carbocycles. The number of methoxy groups -OCH3 is 1. The average molecular weight is 525 g/mol. The number of halogens is 3. The van der Waals surface area contributed by atoms with Gasteiger partial charge in [0.15, 0.2) is 5.82 Å². The first-order valence-corrected chi connectivity index (χ1v) is 12.5. The smallest absolute Gasteiger partial charge is 0.152 e. The van der Waals surface area contributed by atoms with E-state index in [1.165, 1.54) is 11.9 Å². The summed E-state index contributed by atoms with van der Waals surface area (Å²) in [7, 11) is 1.70. The van der Waals surface area contributed by atoms with Crippen molar-refractivity contribution in [2.45, 2.75) is 30.7 Å². The lowest BCUT2D eigenvalue weighted by molar-refractivity contribution is 0.199. The number of rotatable bonds is 10. The first kappa shape index (κ1) is 24.4. The summed E-state index contributed by atoms with van der Waals surface area (Å²) in [4.78, 5) is 10.1. The van der Waals surface area contributed by atoms with Crippen LogP contribution in [-0.2, 0) is 17.7 Å². The molecule has 3 N–H and O–H groups in total. The second-order valence-electron chi connectivity index (χ2n) is 7.54. The number of pyridine rings is 1. The molecule has 0 atom stereocenters. The lowest BCUT2D eigenvalue weighted by atomic mass is 10.2. The number of unbranched alkanes of at least 4 members (excludes halogenated alkanes) is 1. The number of hydrogen-bond donors (Lipinski definition) is 2. The van der Waals surface area contributed by atoms with Gasteiger partial charge >= 0.3 is 0 Å². The van der Waals surface area contributed by atoms with Gasteiger partial charge in [-0.2, -0.15) is 0 Å². The zero-order valence-corrected chi connectivity index (χ0v) is 21.2. The maximum atomic E-state index is 6.26. The second kappa shape index (κ2) is 11.1. The summed E-state index contributed by atoms with van der Waals surface area (Å²) in [5.41, 5.74) is 8.91. The van der Waals surface area contributed by atoms with Crippen LogP contribution in [0, 0.1) is 0 Å². The van der Waals surface area contributed by atoms with Gasteiger partial charge in [-0.3, -0.25) is 4.72 Å². The van der Waals surface area contributed by atoms with Gasteiger partial charge in [0, 0.05) is 37.0 Å². The topological polar surface area (TPSA) is 78.0 Å². The average Bonchev–Trinajstić information content (AvgIpc) is 3.15. The predicted octanol–water partition coefficient (Wildman–Crippen LogP) is 6.39. The van der Waals surface area contributed by atoms with Crippen molar-refractivity contribution in [1.82, 2.24) is 19.3 Å². The molecule has 4 rings (SSSR count). The largest absolute Gasteiger partial charge is 0.384 e. The van der Waals surface area contributed by atoms with E-state index in [1.807, 2.05) is 18.2 Å². The van der Waals surface area contributed by atoms with Crippen molar-refractivity contribution in [2.75, 3.05) is 26.0 Å². The number of nitrogen functional groups attached to an aromatic ring is 1. The van der Waals surface area contributed by atoms with E-state index in [0.29, 0.717) is 33.9 Å². The molecule has 4 aromatic rings. The Balaban J connectivity index is 1.46. The Morgan fingerprint density at radius 1 is 1.09 bits per heavy atom. The molecule has 10 heteroatoms. The molecule has 6 nitrogen and oxygen atoms in total. The number of nitrogens with one attached hydrogen (secondary N) is 1. The predicted molar refractivity (Wildman–Crippen MR) is 140 cm³/mol. The highest BCUT2D eigenvalue weighted by molar-refractivity contribution is 7.97. The first-order valence-electron chi connectivity index (χ1n) is 10.6. The minimum atomic E-state index is 0.455. The van der Waals surface area contributed by atoms with E-state index in [9.17, 15) is 0 Å². The molecule has 2 aromatic carbocycles. The standard InChI is InChI=1S/C23H24Cl3N5OS/c1-32-11-8-19-30-20-21(15-6-2-3-7-18(15)29-23(20)27)31(19)10-5-4-9-28-33-22-16(25)12-14(24)13-17(22)26/h2-3,6-7,12-13,28H,4-5,8-11H2,1H3,(H2,27,29). The van der Waals surface area contributed by atoms with E-state index in [4.69, 9.17) is 50.3 Å². The fourth-order valence-corrected chi connectivity index (χ4v) is 5.50. The Bertz CT molecular complexity index is 1260. The highest BCUT2D eigenvalue weighted by Gasteiger charge is 2.17. The molecule has 0 aliphatic carbocycles. The van der Waals surface area contributed by atoms with Crippen LogP contribution in [0.3, 0.4) is 0 Å². The van der Waals surface area contributed by atoms with Gasteiger partial charge in [0.05, 0.1) is 32.6 Å². The Morgan fingerprint density at radius 3 is 2.61 bits per heavy atom. The summed E-state index contributed by atoms with van der Waals surface area (Å²) in [6.07, 6.45) is 2.62. The van der Waals surface area contributed by atoms with Crippen molar-refractivity contribution >= 4 is 74.5 Å². The van der Waals surface area contributed by atoms with Crippen molar-refractivity contribution in [3.05, 3.63) is 57.3 Å². The van der Waals surface area contributed by atoms with Gasteiger partial charge in [-0.05, 0) is 43.0 Å². The third-order valence-electron chi connectivity index (χ3n) is 5.27. The quantitative estimate of drug-likeness (QED) is 0.185. The highest BCUT2D eigenvalue weighted by Crippen LogP contribution is 2.35. The summed E-state index contributed by atoms with van der Waals surface area (Å²) in [5, 5.41) is 2.65. The van der Waals surface area contributed by atoms with E-state index >= 15 is 0 Å². The molecule has 33 heavy (non-hydrogen) atoms. The van der Waals surface area contributed by atoms with Gasteiger partial charge in [-0.15, -0.1) is 0 Å². The lowest BCUT2D eigenvalue weighted by Gasteiger charge is -2.12. The lowest BCUT2D eigenvalue weighted by Crippen LogP contribution is -2.10. The van der Waals surface area contributed by atoms with E-state index in [2.05, 4.69) is 20.3 Å². The van der Waals surface area contributed by atoms with Crippen LogP contribution in [0.4, 0.5) is 5.82 Å². The molecular weight excluding hydrogens is 501 g/mol. The summed E-state index contributed by atoms with van der Waals surface area (Å²) >= 11 is 19.9. The number of aryl methyl sites for hydroxylation is 1. The number of benzene rings is 2. The maximum absolute atomic E-state index is 6.26. The SMILES string of the molecule is COCCc1nc2c(N)nc3ccccc3c2n1CCCCNSc1c(Cl)cc(Cl)cc1Cl. The normalized spacial score (nSPS) is 11.6. The van der Waals surface area contributed by atoms with Crippen molar-refractivity contribution in [3.8, 4) is 0 Å². The van der Waals surface area contributed by atoms with Crippen LogP contribution in [0.2, 0.25) is 15.1 Å². The summed E-state index contributed by atoms with van der Waals surface area (Å²) in [6.45, 7) is 2.21. The number of nitrogens with zero attached hydrogens (tertiary/aromatic N) is 3. The van der Waals surface area contributed by atoms with E-state index in [0.717, 1.165) is 58.6 Å². The van der Waals surface area contributed by atoms with Crippen LogP contribution in [0.15, 0.2) is 41.3 Å². The monoisotopic (exact) mass is 523 g/mol. The molecule has 0 fully saturated rings. The molecule has 0 aliphatic rings. The number of ether oxygens (including phenoxy) is 1. The molecule has 0 saturated heterocycles. The van der Waals surface area contributed by atoms with Gasteiger partial charge in [0.1, 0.15) is 11.3 Å². The van der Waals surface area contributed by atoms with Crippen molar-refractivity contribution in [2.24, 2.45) is 0 Å². The number of aromatic nitrogens is 3. The molecule has 0 bridgehead atoms. The van der Waals surface area contributed by atoms with E-state index in [1.54, 1.807) is 19.2 Å². The van der Waals surface area contributed by atoms with Gasteiger partial charge in [-0.25, -0.2) is 9.97 Å². The second-order valence-corrected chi connectivity index (χ2v) is 9.69. The van der Waals surface area contributed by atoms with Crippen LogP contribution in [0.5, 0.6) is 0 Å². The van der Waals surface area contributed by atoms with Crippen molar-refractivity contribution in [1.29, 1.82) is 0 Å². The Hall–Kier alpha value is -1.74. The Morgan fingerprint density at radius 2 is 1.85 bits per heavy atom. The zero-order valence-electron chi connectivity index (χ0n) is 18.1. The molecule has 2 aromatic heterocycles. The molecule has 0 amide bonds. The molecule has 0 aliphatic heterocycles. The minimum Gasteiger partial charge on any atom is -0.384 e. The Labute approximate surface area is 211 Å². The van der Waals surface area contributed by atoms with Crippen LogP contribution in [0.1, 0.15) is 18.7 Å². The number of fused-ring (bicyclic) bond motifs is 3. The number of imidazole rings is 1. The molecule has 0 unspecified atom stereocenters. The fraction of sp³-hybridized carbons (Fsp3) is 0.304. The van der Waals surface area contributed by atoms with Crippen LogP contribution in [-0.4, -0.2) is 34.8 Å². The highest BCUT2D eigenvalue weighted by atomic mass is 35.5. The molecule has 0 radical (unpaired) electrons. The fourth-order valence-electron chi connectivity index (χ4n) is 3.75. The van der Waals surface area contributed by atoms with Crippen LogP contribution >= 0.6 is 46.8 Å². The first-order chi connectivity index (χ1) is 16.0. The number of anilines is 1. The van der Waals surface area contributed by atoms with E-state index < -0.39 is 0 Å². The van der Waals surface area contributed by atoms with Crippen molar-refractivity contribution in [3.63, 3.8) is 0 Å². The summed E-state index contributed by atoms with van der Waals surface area (Å²) < 4.78 is 10.9. The molecule has 174 valence electrons. The van der Waals surface area contributed by atoms with Crippen LogP contribution in [0.25, 0.3) is 21.9 Å². The van der Waals surface area contributed by atoms with Gasteiger partial charge in [-0.1, -0.05) is 53.0 Å². The third kappa shape index (κ3) is 5.50. The maximum Gasteiger partial charge on any atom is 0.152 e. The number of hydrogen-bond acceptors (Lipinski definition) is 6. The van der Waals surface area contributed by atoms with E-state index in [-0.39, 0.29) is 0 Å². The van der Waals surface area contributed by atoms with Gasteiger partial charge in [0.25, 0.3) is 0 Å². The summed E-state index contributed by atoms with van der Waals surface area (Å²) in [6, 6.07) is 11.4. The zero-order chi connectivity index (χ0) is 23.4. The van der Waals surface area contributed by atoms with Crippen LogP contribution < -0.4 is 10.5 Å². The number of nitrogens with two attached hydrogens (primary N) is 1. The molecule has 0 spiro atoms. The van der Waals surface area contributed by atoms with Gasteiger partial charge in [0.2, 0.25) is 0 Å². The molecular formula is C23H24Cl3N5OS. The third-order valence-corrected chi connectivity index (χ3v) is 7.30. The summed E-state index contributed by atoms with van der Waals surface area (Å²) in [5.74, 6) is 1.41. The van der Waals surface area contributed by atoms with Gasteiger partial charge < -0.3 is 15.0 Å². The minimum absolute atomic E-state index is 0.455. The molecule has 2 heterocycles. The Kier molecular flexibility index (Phi) is 8.22. The van der Waals surface area contributed by atoms with Crippen molar-refractivity contribution < 1.29 is 4.74 Å².